The van der Waals surface area contributed by atoms with Crippen LogP contribution in [0.2, 0.25) is 5.02 Å². The molecule has 2 aromatic carbocycles. The molecular formula is C21H23ClN4O2. The van der Waals surface area contributed by atoms with Crippen molar-refractivity contribution in [3.63, 3.8) is 0 Å². The zero-order chi connectivity index (χ0) is 19.9. The fraction of sp³-hybridized carbons (Fsp3) is 0.238. The van der Waals surface area contributed by atoms with E-state index >= 15 is 0 Å². The lowest BCUT2D eigenvalue weighted by Crippen LogP contribution is -2.09. The Balaban J connectivity index is 1.67. The zero-order valence-corrected chi connectivity index (χ0v) is 16.9. The number of aromatic nitrogens is 2. The first-order chi connectivity index (χ1) is 13.6. The molecule has 28 heavy (non-hydrogen) atoms. The molecule has 0 saturated carbocycles. The number of hydrogen-bond donors (Lipinski definition) is 2. The second kappa shape index (κ2) is 9.28. The monoisotopic (exact) mass is 398 g/mol. The largest absolute Gasteiger partial charge is 0.496 e. The fourth-order valence-corrected chi connectivity index (χ4v) is 3.11. The highest BCUT2D eigenvalue weighted by molar-refractivity contribution is 6.32. The van der Waals surface area contributed by atoms with Gasteiger partial charge in [0.05, 0.1) is 19.2 Å². The van der Waals surface area contributed by atoms with Crippen LogP contribution in [0.5, 0.6) is 11.5 Å². The third-order valence-electron chi connectivity index (χ3n) is 4.16. The number of nitrogens with one attached hydrogen (secondary N) is 2. The maximum atomic E-state index is 6.19. The Morgan fingerprint density at radius 2 is 1.68 bits per heavy atom. The molecule has 3 rings (SSSR count). The summed E-state index contributed by atoms with van der Waals surface area (Å²) in [7, 11) is 3.27. The summed E-state index contributed by atoms with van der Waals surface area (Å²) in [5, 5.41) is 7.14. The summed E-state index contributed by atoms with van der Waals surface area (Å²) >= 11 is 6.19. The molecule has 0 radical (unpaired) electrons. The van der Waals surface area contributed by atoms with Gasteiger partial charge in [0, 0.05) is 18.3 Å². The van der Waals surface area contributed by atoms with Crippen LogP contribution in [0.25, 0.3) is 0 Å². The molecular weight excluding hydrogens is 376 g/mol. The van der Waals surface area contributed by atoms with Crippen LogP contribution in [0, 0.1) is 6.92 Å². The van der Waals surface area contributed by atoms with E-state index in [4.69, 9.17) is 21.1 Å². The van der Waals surface area contributed by atoms with Crippen molar-refractivity contribution in [1.82, 2.24) is 9.97 Å². The molecule has 1 heterocycles. The number of ether oxygens (including phenoxy) is 2. The predicted molar refractivity (Wildman–Crippen MR) is 113 cm³/mol. The van der Waals surface area contributed by atoms with E-state index in [-0.39, 0.29) is 0 Å². The Labute approximate surface area is 169 Å². The van der Waals surface area contributed by atoms with Gasteiger partial charge in [0.1, 0.15) is 29.0 Å². The average molecular weight is 399 g/mol. The summed E-state index contributed by atoms with van der Waals surface area (Å²) in [6.45, 7) is 2.59. The highest BCUT2D eigenvalue weighted by Gasteiger charge is 2.06. The number of anilines is 3. The van der Waals surface area contributed by atoms with Gasteiger partial charge in [0.2, 0.25) is 0 Å². The third kappa shape index (κ3) is 5.04. The van der Waals surface area contributed by atoms with Gasteiger partial charge in [-0.1, -0.05) is 29.8 Å². The Morgan fingerprint density at radius 3 is 2.43 bits per heavy atom. The van der Waals surface area contributed by atoms with Gasteiger partial charge in [-0.15, -0.1) is 0 Å². The molecule has 1 aromatic heterocycles. The Morgan fingerprint density at radius 1 is 0.929 bits per heavy atom. The van der Waals surface area contributed by atoms with Crippen LogP contribution in [0.3, 0.4) is 0 Å². The van der Waals surface area contributed by atoms with E-state index in [9.17, 15) is 0 Å². The van der Waals surface area contributed by atoms with E-state index in [2.05, 4.69) is 26.7 Å². The van der Waals surface area contributed by atoms with E-state index in [1.165, 1.54) is 0 Å². The Hall–Kier alpha value is -2.99. The first kappa shape index (κ1) is 19.8. The summed E-state index contributed by atoms with van der Waals surface area (Å²) in [6.07, 6.45) is 0.823. The molecule has 3 aromatic rings. The first-order valence-electron chi connectivity index (χ1n) is 8.91. The second-order valence-electron chi connectivity index (χ2n) is 6.15. The third-order valence-corrected chi connectivity index (χ3v) is 4.45. The maximum Gasteiger partial charge on any atom is 0.137 e. The van der Waals surface area contributed by atoms with Crippen LogP contribution in [-0.4, -0.2) is 30.7 Å². The Bertz CT molecular complexity index is 949. The van der Waals surface area contributed by atoms with Crippen molar-refractivity contribution in [3.05, 3.63) is 64.9 Å². The smallest absolute Gasteiger partial charge is 0.137 e. The summed E-state index contributed by atoms with van der Waals surface area (Å²) in [4.78, 5) is 8.89. The molecule has 0 aliphatic heterocycles. The van der Waals surface area contributed by atoms with Crippen LogP contribution < -0.4 is 20.1 Å². The average Bonchev–Trinajstić information content (AvgIpc) is 2.68. The van der Waals surface area contributed by atoms with Crippen LogP contribution in [0.1, 0.15) is 11.4 Å². The van der Waals surface area contributed by atoms with Gasteiger partial charge in [-0.2, -0.15) is 0 Å². The number of methoxy groups -OCH3 is 2. The van der Waals surface area contributed by atoms with E-state index in [1.54, 1.807) is 20.3 Å². The highest BCUT2D eigenvalue weighted by atomic mass is 35.5. The molecule has 0 spiro atoms. The number of hydrogen-bond acceptors (Lipinski definition) is 6. The molecule has 0 atom stereocenters. The topological polar surface area (TPSA) is 68.3 Å². The van der Waals surface area contributed by atoms with Crippen molar-refractivity contribution in [3.8, 4) is 11.5 Å². The van der Waals surface area contributed by atoms with Crippen LogP contribution in [0.4, 0.5) is 17.3 Å². The lowest BCUT2D eigenvalue weighted by Gasteiger charge is -2.12. The van der Waals surface area contributed by atoms with Crippen molar-refractivity contribution in [2.75, 3.05) is 31.4 Å². The number of halogens is 1. The molecule has 0 aliphatic rings. The zero-order valence-electron chi connectivity index (χ0n) is 16.1. The van der Waals surface area contributed by atoms with Crippen molar-refractivity contribution in [2.24, 2.45) is 0 Å². The molecule has 6 nitrogen and oxygen atoms in total. The van der Waals surface area contributed by atoms with Crippen LogP contribution in [-0.2, 0) is 6.42 Å². The molecule has 0 fully saturated rings. The van der Waals surface area contributed by atoms with Gasteiger partial charge in [0.25, 0.3) is 0 Å². The number of benzene rings is 2. The number of rotatable bonds is 8. The molecule has 0 bridgehead atoms. The molecule has 0 amide bonds. The van der Waals surface area contributed by atoms with Gasteiger partial charge >= 0.3 is 0 Å². The van der Waals surface area contributed by atoms with Crippen molar-refractivity contribution >= 4 is 28.9 Å². The minimum atomic E-state index is 0.536. The van der Waals surface area contributed by atoms with Gasteiger partial charge in [-0.25, -0.2) is 9.97 Å². The van der Waals surface area contributed by atoms with Gasteiger partial charge < -0.3 is 20.1 Å². The van der Waals surface area contributed by atoms with Gasteiger partial charge in [-0.3, -0.25) is 0 Å². The van der Waals surface area contributed by atoms with Crippen LogP contribution in [0.15, 0.2) is 48.5 Å². The van der Waals surface area contributed by atoms with Crippen LogP contribution >= 0.6 is 11.6 Å². The fourth-order valence-electron chi connectivity index (χ4n) is 2.85. The first-order valence-corrected chi connectivity index (χ1v) is 9.29. The molecule has 0 saturated heterocycles. The molecule has 0 aliphatic carbocycles. The van der Waals surface area contributed by atoms with E-state index < -0.39 is 0 Å². The summed E-state index contributed by atoms with van der Waals surface area (Å²) in [5.41, 5.74) is 1.97. The maximum absolute atomic E-state index is 6.19. The summed E-state index contributed by atoms with van der Waals surface area (Å²) < 4.78 is 10.6. The van der Waals surface area contributed by atoms with Crippen molar-refractivity contribution in [1.29, 1.82) is 0 Å². The van der Waals surface area contributed by atoms with Gasteiger partial charge in [-0.05, 0) is 43.2 Å². The summed E-state index contributed by atoms with van der Waals surface area (Å²) in [5.74, 6) is 3.63. The quantitative estimate of drug-likeness (QED) is 0.565. The minimum absolute atomic E-state index is 0.536. The lowest BCUT2D eigenvalue weighted by atomic mass is 10.1. The SMILES string of the molecule is COc1ccc(Nc2cc(NCCc3ccccc3OC)nc(C)n2)cc1Cl. The number of aryl methyl sites for hydroxylation is 1. The lowest BCUT2D eigenvalue weighted by molar-refractivity contribution is 0.410. The van der Waals surface area contributed by atoms with E-state index in [1.807, 2.05) is 43.3 Å². The predicted octanol–water partition coefficient (Wildman–Crippen LogP) is 4.85. The second-order valence-corrected chi connectivity index (χ2v) is 6.56. The summed E-state index contributed by atoms with van der Waals surface area (Å²) in [6, 6.07) is 15.4. The van der Waals surface area contributed by atoms with Crippen molar-refractivity contribution < 1.29 is 9.47 Å². The number of nitrogens with zero attached hydrogens (tertiary/aromatic N) is 2. The van der Waals surface area contributed by atoms with Gasteiger partial charge in [0.15, 0.2) is 0 Å². The Kier molecular flexibility index (Phi) is 6.55. The molecule has 0 unspecified atom stereocenters. The normalized spacial score (nSPS) is 10.4. The van der Waals surface area contributed by atoms with E-state index in [0.29, 0.717) is 22.4 Å². The molecule has 2 N–H and O–H groups in total. The minimum Gasteiger partial charge on any atom is -0.496 e. The molecule has 146 valence electrons. The standard InChI is InChI=1S/C21H23ClN4O2/c1-14-24-20(23-11-10-15-6-4-5-7-18(15)27-2)13-21(25-14)26-16-8-9-19(28-3)17(22)12-16/h4-9,12-13H,10-11H2,1-3H3,(H2,23,24,25,26). The van der Waals surface area contributed by atoms with E-state index in [0.717, 1.165) is 35.8 Å². The highest BCUT2D eigenvalue weighted by Crippen LogP contribution is 2.28. The van der Waals surface area contributed by atoms with Crippen molar-refractivity contribution in [2.45, 2.75) is 13.3 Å². The number of para-hydroxylation sites is 1. The molecule has 7 heteroatoms.